The Kier molecular flexibility index (Phi) is 4.18. The fraction of sp³-hybridized carbons (Fsp3) is 0.182. The summed E-state index contributed by atoms with van der Waals surface area (Å²) in [6.07, 6.45) is -0.161. The van der Waals surface area contributed by atoms with E-state index >= 15 is 0 Å². The number of aromatic nitrogens is 1. The Balaban J connectivity index is 2.09. The third kappa shape index (κ3) is 3.31. The van der Waals surface area contributed by atoms with Gasteiger partial charge in [-0.3, -0.25) is 14.9 Å². The van der Waals surface area contributed by atoms with Crippen LogP contribution in [0.25, 0.3) is 0 Å². The molecule has 5 nitrogen and oxygen atoms in total. The van der Waals surface area contributed by atoms with Gasteiger partial charge in [-0.15, -0.1) is 22.7 Å². The molecule has 0 unspecified atom stereocenters. The molecule has 19 heavy (non-hydrogen) atoms. The Bertz CT molecular complexity index is 636. The Hall–Kier alpha value is -1.44. The Morgan fingerprint density at radius 1 is 1.42 bits per heavy atom. The molecule has 0 aliphatic heterocycles. The molecule has 8 heteroatoms. The van der Waals surface area contributed by atoms with E-state index in [1.54, 1.807) is 10.8 Å². The van der Waals surface area contributed by atoms with Gasteiger partial charge in [0, 0.05) is 5.38 Å². The minimum absolute atomic E-state index is 0.161. The molecule has 1 amide bonds. The molecular weight excluding hydrogens is 308 g/mol. The number of hydrogen-bond acceptors (Lipinski definition) is 5. The van der Waals surface area contributed by atoms with Crippen LogP contribution in [0, 0.1) is 6.92 Å². The quantitative estimate of drug-likeness (QED) is 0.908. The maximum atomic E-state index is 11.9. The third-order valence-corrected chi connectivity index (χ3v) is 4.71. The van der Waals surface area contributed by atoms with Gasteiger partial charge in [-0.05, 0) is 17.9 Å². The van der Waals surface area contributed by atoms with Gasteiger partial charge in [-0.25, -0.2) is 4.98 Å². The van der Waals surface area contributed by atoms with Gasteiger partial charge in [-0.1, -0.05) is 11.6 Å². The summed E-state index contributed by atoms with van der Waals surface area (Å²) in [5.74, 6) is -1.29. The van der Waals surface area contributed by atoms with Crippen LogP contribution in [0.15, 0.2) is 10.8 Å². The van der Waals surface area contributed by atoms with Crippen molar-refractivity contribution in [1.29, 1.82) is 0 Å². The normalized spacial score (nSPS) is 10.4. The molecule has 0 atom stereocenters. The van der Waals surface area contributed by atoms with Crippen LogP contribution in [-0.4, -0.2) is 22.0 Å². The number of amides is 1. The highest BCUT2D eigenvalue weighted by Gasteiger charge is 2.16. The highest BCUT2D eigenvalue weighted by Crippen LogP contribution is 2.28. The van der Waals surface area contributed by atoms with Gasteiger partial charge in [0.2, 0.25) is 0 Å². The lowest BCUT2D eigenvalue weighted by atomic mass is 10.3. The van der Waals surface area contributed by atoms with Crippen molar-refractivity contribution in [2.75, 3.05) is 5.32 Å². The number of carbonyl (C=O) groups excluding carboxylic acids is 1. The smallest absolute Gasteiger partial charge is 0.309 e. The summed E-state index contributed by atoms with van der Waals surface area (Å²) < 4.78 is 0. The van der Waals surface area contributed by atoms with Crippen molar-refractivity contribution < 1.29 is 14.7 Å². The molecule has 0 spiro atoms. The zero-order chi connectivity index (χ0) is 14.0. The van der Waals surface area contributed by atoms with E-state index in [0.717, 1.165) is 5.56 Å². The van der Waals surface area contributed by atoms with Crippen molar-refractivity contribution in [2.45, 2.75) is 13.3 Å². The van der Waals surface area contributed by atoms with Crippen LogP contribution in [0.5, 0.6) is 0 Å². The topological polar surface area (TPSA) is 79.3 Å². The van der Waals surface area contributed by atoms with Crippen LogP contribution in [0.3, 0.4) is 0 Å². The van der Waals surface area contributed by atoms with Crippen LogP contribution in [0.4, 0.5) is 5.13 Å². The largest absolute Gasteiger partial charge is 0.481 e. The van der Waals surface area contributed by atoms with E-state index in [0.29, 0.717) is 20.7 Å². The summed E-state index contributed by atoms with van der Waals surface area (Å²) in [6, 6.07) is 0. The Morgan fingerprint density at radius 3 is 2.74 bits per heavy atom. The van der Waals surface area contributed by atoms with Crippen LogP contribution < -0.4 is 5.32 Å². The highest BCUT2D eigenvalue weighted by atomic mass is 35.5. The molecule has 2 rings (SSSR count). The van der Waals surface area contributed by atoms with Crippen LogP contribution in [0.1, 0.15) is 20.9 Å². The van der Waals surface area contributed by atoms with E-state index in [1.165, 1.54) is 22.7 Å². The minimum atomic E-state index is -0.958. The van der Waals surface area contributed by atoms with Crippen LogP contribution >= 0.6 is 34.3 Å². The predicted molar refractivity (Wildman–Crippen MR) is 75.5 cm³/mol. The number of aryl methyl sites for hydroxylation is 1. The average Bonchev–Trinajstić information content (AvgIpc) is 2.87. The maximum Gasteiger partial charge on any atom is 0.309 e. The lowest BCUT2D eigenvalue weighted by Crippen LogP contribution is -2.10. The summed E-state index contributed by atoms with van der Waals surface area (Å²) in [7, 11) is 0. The first kappa shape index (κ1) is 14.0. The van der Waals surface area contributed by atoms with Gasteiger partial charge in [0.05, 0.1) is 17.1 Å². The number of nitrogens with zero attached hydrogens (tertiary/aromatic N) is 1. The molecule has 2 N–H and O–H groups in total. The molecular formula is C11H9ClN2O3S2. The molecule has 2 heterocycles. The number of thiophene rings is 1. The SMILES string of the molecule is Cc1csc(C(=O)Nc2nc(CC(=O)O)cs2)c1Cl. The summed E-state index contributed by atoms with van der Waals surface area (Å²) in [4.78, 5) is 26.9. The molecule has 0 aromatic carbocycles. The second-order valence-electron chi connectivity index (χ2n) is 3.73. The number of hydrogen-bond donors (Lipinski definition) is 2. The number of thiazole rings is 1. The first-order chi connectivity index (χ1) is 8.97. The van der Waals surface area contributed by atoms with Crippen molar-refractivity contribution in [2.24, 2.45) is 0 Å². The summed E-state index contributed by atoms with van der Waals surface area (Å²) >= 11 is 8.44. The van der Waals surface area contributed by atoms with Crippen molar-refractivity contribution in [3.05, 3.63) is 31.9 Å². The van der Waals surface area contributed by atoms with Gasteiger partial charge in [-0.2, -0.15) is 0 Å². The fourth-order valence-corrected chi connectivity index (χ4v) is 3.22. The van der Waals surface area contributed by atoms with E-state index < -0.39 is 5.97 Å². The van der Waals surface area contributed by atoms with Crippen LogP contribution in [0.2, 0.25) is 5.02 Å². The third-order valence-electron chi connectivity index (χ3n) is 2.21. The first-order valence-electron chi connectivity index (χ1n) is 5.18. The molecule has 2 aromatic rings. The molecule has 0 aliphatic carbocycles. The highest BCUT2D eigenvalue weighted by molar-refractivity contribution is 7.14. The second kappa shape index (κ2) is 5.68. The van der Waals surface area contributed by atoms with Crippen LogP contribution in [-0.2, 0) is 11.2 Å². The molecule has 2 aromatic heterocycles. The van der Waals surface area contributed by atoms with Gasteiger partial charge >= 0.3 is 5.97 Å². The lowest BCUT2D eigenvalue weighted by molar-refractivity contribution is -0.136. The molecule has 0 fully saturated rings. The standard InChI is InChI=1S/C11H9ClN2O3S2/c1-5-3-18-9(8(5)12)10(17)14-11-13-6(4-19-11)2-7(15)16/h3-4H,2H2,1H3,(H,15,16)(H,13,14,17). The number of anilines is 1. The summed E-state index contributed by atoms with van der Waals surface area (Å²) in [5.41, 5.74) is 1.27. The van der Waals surface area contributed by atoms with E-state index in [4.69, 9.17) is 16.7 Å². The number of nitrogens with one attached hydrogen (secondary N) is 1. The van der Waals surface area contributed by atoms with Gasteiger partial charge < -0.3 is 5.11 Å². The van der Waals surface area contributed by atoms with Gasteiger partial charge in [0.15, 0.2) is 5.13 Å². The van der Waals surface area contributed by atoms with Crippen molar-refractivity contribution in [1.82, 2.24) is 4.98 Å². The lowest BCUT2D eigenvalue weighted by Gasteiger charge is -1.99. The maximum absolute atomic E-state index is 11.9. The van der Waals surface area contributed by atoms with Crippen molar-refractivity contribution in [3.63, 3.8) is 0 Å². The first-order valence-corrected chi connectivity index (χ1v) is 7.32. The van der Waals surface area contributed by atoms with E-state index in [1.807, 2.05) is 6.92 Å². The molecule has 0 bridgehead atoms. The summed E-state index contributed by atoms with van der Waals surface area (Å²) in [5, 5.41) is 15.4. The van der Waals surface area contributed by atoms with E-state index in [2.05, 4.69) is 10.3 Å². The number of carboxylic acid groups (broad SMARTS) is 1. The minimum Gasteiger partial charge on any atom is -0.481 e. The molecule has 0 saturated heterocycles. The van der Waals surface area contributed by atoms with E-state index in [9.17, 15) is 9.59 Å². The number of carboxylic acids is 1. The number of halogens is 1. The molecule has 0 radical (unpaired) electrons. The Labute approximate surface area is 121 Å². The van der Waals surface area contributed by atoms with Gasteiger partial charge in [0.25, 0.3) is 5.91 Å². The zero-order valence-electron chi connectivity index (χ0n) is 9.77. The summed E-state index contributed by atoms with van der Waals surface area (Å²) in [6.45, 7) is 1.82. The second-order valence-corrected chi connectivity index (χ2v) is 5.85. The van der Waals surface area contributed by atoms with Crippen molar-refractivity contribution in [3.8, 4) is 0 Å². The van der Waals surface area contributed by atoms with E-state index in [-0.39, 0.29) is 12.3 Å². The number of rotatable bonds is 4. The average molecular weight is 317 g/mol. The van der Waals surface area contributed by atoms with Crippen molar-refractivity contribution >= 4 is 51.3 Å². The zero-order valence-corrected chi connectivity index (χ0v) is 12.2. The number of carbonyl (C=O) groups is 2. The Morgan fingerprint density at radius 2 is 2.16 bits per heavy atom. The fourth-order valence-electron chi connectivity index (χ4n) is 1.34. The predicted octanol–water partition coefficient (Wildman–Crippen LogP) is 3.05. The number of aliphatic carboxylic acids is 1. The molecule has 0 aliphatic rings. The van der Waals surface area contributed by atoms with Gasteiger partial charge in [0.1, 0.15) is 4.88 Å². The molecule has 0 saturated carbocycles. The monoisotopic (exact) mass is 316 g/mol. The molecule has 100 valence electrons.